The lowest BCUT2D eigenvalue weighted by Crippen LogP contribution is -2.36. The van der Waals surface area contributed by atoms with E-state index in [2.05, 4.69) is 196 Å². The fraction of sp³-hybridized carbons (Fsp3) is 0.0196. The third kappa shape index (κ3) is 4.94. The lowest BCUT2D eigenvalue weighted by atomic mass is 10.0. The highest BCUT2D eigenvalue weighted by Crippen LogP contribution is 2.43. The van der Waals surface area contributed by atoms with E-state index in [0.717, 1.165) is 28.0 Å². The van der Waals surface area contributed by atoms with Crippen LogP contribution in [0.15, 0.2) is 198 Å². The molecule has 0 bridgehead atoms. The smallest absolute Gasteiger partial charge is 0.204 e. The van der Waals surface area contributed by atoms with Crippen LogP contribution in [0.5, 0.6) is 0 Å². The van der Waals surface area contributed by atoms with Gasteiger partial charge >= 0.3 is 0 Å². The van der Waals surface area contributed by atoms with Crippen LogP contribution in [-0.4, -0.2) is 20.8 Å². The Hall–Kier alpha value is -7.28. The summed E-state index contributed by atoms with van der Waals surface area (Å²) in [6.45, 7) is 0. The van der Waals surface area contributed by atoms with Crippen LogP contribution in [0.3, 0.4) is 0 Å². The average molecular weight is 748 g/mol. The van der Waals surface area contributed by atoms with Crippen molar-refractivity contribution in [3.63, 3.8) is 0 Å². The van der Waals surface area contributed by atoms with Gasteiger partial charge in [0, 0.05) is 48.1 Å². The van der Waals surface area contributed by atoms with Crippen LogP contribution < -0.4 is 5.32 Å². The number of fused-ring (bicyclic) bond motifs is 9. The van der Waals surface area contributed by atoms with Crippen molar-refractivity contribution in [2.75, 3.05) is 0 Å². The molecule has 6 heteroatoms. The first kappa shape index (κ1) is 32.0. The Morgan fingerprint density at radius 1 is 0.474 bits per heavy atom. The standard InChI is InChI=1S/C51H33N5S/c1-3-15-32(16-4-1)34-29-30-38-37-21-7-10-24-41(37)55(45(38)31-34)44-27-13-22-39-47-40(23-14-28-46(47)57-48(39)44)50-52-49(33-17-5-2-6-18-33)53-51(54-50)56-42-25-11-8-19-35(42)36-20-9-12-26-43(36)56/h1-31,51H,(H,52,53,54). The van der Waals surface area contributed by atoms with Crippen molar-refractivity contribution in [1.82, 2.24) is 14.5 Å². The number of nitrogens with one attached hydrogen (secondary N) is 1. The molecular formula is C51H33N5S. The quantitative estimate of drug-likeness (QED) is 0.187. The van der Waals surface area contributed by atoms with Crippen LogP contribution in [0.4, 0.5) is 0 Å². The van der Waals surface area contributed by atoms with E-state index in [1.165, 1.54) is 69.6 Å². The highest BCUT2D eigenvalue weighted by molar-refractivity contribution is 7.26. The molecule has 1 atom stereocenters. The van der Waals surface area contributed by atoms with Gasteiger partial charge in [0.25, 0.3) is 0 Å². The number of aliphatic imine (C=N–C) groups is 2. The van der Waals surface area contributed by atoms with Gasteiger partial charge in [0.1, 0.15) is 5.84 Å². The van der Waals surface area contributed by atoms with Crippen molar-refractivity contribution < 1.29 is 0 Å². The number of aromatic nitrogens is 2. The molecule has 0 saturated carbocycles. The number of thiophene rings is 1. The molecule has 0 saturated heterocycles. The monoisotopic (exact) mass is 747 g/mol. The SMILES string of the molecule is c1ccc(C2=NC(n3c4ccccc4c4ccccc43)NC(c3cccc4sc5c(-n6c7ccccc7c7ccc(-c8ccccc8)cc76)cccc5c34)=N2)cc1. The van der Waals surface area contributed by atoms with Gasteiger partial charge < -0.3 is 14.5 Å². The van der Waals surface area contributed by atoms with Crippen LogP contribution in [0.1, 0.15) is 17.4 Å². The van der Waals surface area contributed by atoms with Crippen molar-refractivity contribution in [3.05, 3.63) is 199 Å². The molecule has 5 nitrogen and oxygen atoms in total. The number of hydrogen-bond acceptors (Lipinski definition) is 4. The van der Waals surface area contributed by atoms with Gasteiger partial charge in [-0.15, -0.1) is 11.3 Å². The van der Waals surface area contributed by atoms with E-state index in [4.69, 9.17) is 9.98 Å². The highest BCUT2D eigenvalue weighted by Gasteiger charge is 2.26. The molecular weight excluding hydrogens is 715 g/mol. The molecule has 0 spiro atoms. The fourth-order valence-corrected chi connectivity index (χ4v) is 10.1. The maximum Gasteiger partial charge on any atom is 0.204 e. The molecule has 11 aromatic rings. The minimum Gasteiger partial charge on any atom is -0.331 e. The summed E-state index contributed by atoms with van der Waals surface area (Å²) in [7, 11) is 0. The van der Waals surface area contributed by atoms with Gasteiger partial charge in [-0.2, -0.15) is 0 Å². The van der Waals surface area contributed by atoms with E-state index >= 15 is 0 Å². The second-order valence-corrected chi connectivity index (χ2v) is 15.6. The third-order valence-corrected chi connectivity index (χ3v) is 12.6. The summed E-state index contributed by atoms with van der Waals surface area (Å²) in [6.07, 6.45) is -0.426. The normalized spacial score (nSPS) is 14.5. The predicted molar refractivity (Wildman–Crippen MR) is 240 cm³/mol. The van der Waals surface area contributed by atoms with Gasteiger partial charge in [0.15, 0.2) is 5.84 Å². The lowest BCUT2D eigenvalue weighted by molar-refractivity contribution is 0.516. The average Bonchev–Trinajstić information content (AvgIpc) is 3.95. The first-order valence-corrected chi connectivity index (χ1v) is 20.1. The number of para-hydroxylation sites is 3. The minimum atomic E-state index is -0.426. The molecule has 1 aliphatic rings. The topological polar surface area (TPSA) is 46.6 Å². The summed E-state index contributed by atoms with van der Waals surface area (Å²) in [4.78, 5) is 10.6. The zero-order valence-corrected chi connectivity index (χ0v) is 31.5. The van der Waals surface area contributed by atoms with Gasteiger partial charge in [-0.25, -0.2) is 9.98 Å². The molecule has 0 amide bonds. The van der Waals surface area contributed by atoms with E-state index < -0.39 is 6.29 Å². The largest absolute Gasteiger partial charge is 0.331 e. The Morgan fingerprint density at radius 3 is 1.81 bits per heavy atom. The van der Waals surface area contributed by atoms with Gasteiger partial charge in [-0.3, -0.25) is 0 Å². The summed E-state index contributed by atoms with van der Waals surface area (Å²) < 4.78 is 7.23. The van der Waals surface area contributed by atoms with Gasteiger partial charge in [-0.1, -0.05) is 152 Å². The Bertz CT molecular complexity index is 3390. The molecule has 4 heterocycles. The first-order valence-electron chi connectivity index (χ1n) is 19.3. The van der Waals surface area contributed by atoms with Crippen LogP contribution in [0, 0.1) is 0 Å². The van der Waals surface area contributed by atoms with E-state index in [0.29, 0.717) is 5.84 Å². The van der Waals surface area contributed by atoms with E-state index in [1.807, 2.05) is 17.4 Å². The van der Waals surface area contributed by atoms with Crippen molar-refractivity contribution in [1.29, 1.82) is 0 Å². The number of amidine groups is 2. The zero-order chi connectivity index (χ0) is 37.5. The predicted octanol–water partition coefficient (Wildman–Crippen LogP) is 12.9. The van der Waals surface area contributed by atoms with Crippen molar-refractivity contribution in [2.45, 2.75) is 6.29 Å². The third-order valence-electron chi connectivity index (χ3n) is 11.4. The van der Waals surface area contributed by atoms with Crippen LogP contribution in [0.25, 0.3) is 80.6 Å². The molecule has 8 aromatic carbocycles. The van der Waals surface area contributed by atoms with Crippen LogP contribution >= 0.6 is 11.3 Å². The molecule has 1 unspecified atom stereocenters. The molecule has 268 valence electrons. The Labute approximate surface area is 332 Å². The molecule has 1 N–H and O–H groups in total. The van der Waals surface area contributed by atoms with Crippen LogP contribution in [-0.2, 0) is 0 Å². The first-order chi connectivity index (χ1) is 28.3. The van der Waals surface area contributed by atoms with Crippen molar-refractivity contribution >= 4 is 86.8 Å². The number of rotatable bonds is 5. The maximum atomic E-state index is 5.32. The van der Waals surface area contributed by atoms with E-state index in [-0.39, 0.29) is 0 Å². The van der Waals surface area contributed by atoms with Crippen LogP contribution in [0.2, 0.25) is 0 Å². The molecule has 3 aromatic heterocycles. The number of hydrogen-bond donors (Lipinski definition) is 1. The lowest BCUT2D eigenvalue weighted by Gasteiger charge is -2.26. The summed E-state index contributed by atoms with van der Waals surface area (Å²) >= 11 is 1.84. The number of nitrogens with zero attached hydrogens (tertiary/aromatic N) is 4. The van der Waals surface area contributed by atoms with Crippen molar-refractivity contribution in [2.24, 2.45) is 9.98 Å². The summed E-state index contributed by atoms with van der Waals surface area (Å²) in [5, 5.41) is 11.1. The molecule has 57 heavy (non-hydrogen) atoms. The van der Waals surface area contributed by atoms with Crippen molar-refractivity contribution in [3.8, 4) is 16.8 Å². The summed E-state index contributed by atoms with van der Waals surface area (Å²) in [5.41, 5.74) is 10.2. The van der Waals surface area contributed by atoms with E-state index in [9.17, 15) is 0 Å². The summed E-state index contributed by atoms with van der Waals surface area (Å²) in [6, 6.07) is 67.2. The zero-order valence-electron chi connectivity index (χ0n) is 30.7. The molecule has 0 radical (unpaired) electrons. The summed E-state index contributed by atoms with van der Waals surface area (Å²) in [5.74, 6) is 1.50. The molecule has 0 aliphatic carbocycles. The molecule has 1 aliphatic heterocycles. The minimum absolute atomic E-state index is 0.426. The molecule has 0 fully saturated rings. The van der Waals surface area contributed by atoms with Gasteiger partial charge in [-0.05, 0) is 47.5 Å². The molecule has 12 rings (SSSR count). The van der Waals surface area contributed by atoms with Gasteiger partial charge in [0.05, 0.1) is 32.5 Å². The fourth-order valence-electron chi connectivity index (χ4n) is 8.89. The second kappa shape index (κ2) is 12.6. The van der Waals surface area contributed by atoms with Gasteiger partial charge in [0.2, 0.25) is 6.29 Å². The Morgan fingerprint density at radius 2 is 1.07 bits per heavy atom. The Kier molecular flexibility index (Phi) is 7.09. The second-order valence-electron chi connectivity index (χ2n) is 14.6. The Balaban J connectivity index is 1.07. The number of benzene rings is 8. The van der Waals surface area contributed by atoms with E-state index in [1.54, 1.807) is 0 Å². The maximum absolute atomic E-state index is 5.32. The highest BCUT2D eigenvalue weighted by atomic mass is 32.1.